The van der Waals surface area contributed by atoms with Crippen molar-refractivity contribution in [1.82, 2.24) is 14.5 Å². The van der Waals surface area contributed by atoms with Gasteiger partial charge in [0.15, 0.2) is 11.5 Å². The van der Waals surface area contributed by atoms with Crippen LogP contribution in [0.1, 0.15) is 12.5 Å². The number of benzene rings is 2. The molecular weight excluding hydrogens is 330 g/mol. The van der Waals surface area contributed by atoms with Gasteiger partial charge in [0, 0.05) is 13.1 Å². The van der Waals surface area contributed by atoms with E-state index in [1.54, 1.807) is 0 Å². The largest absolute Gasteiger partial charge is 0.485 e. The summed E-state index contributed by atoms with van der Waals surface area (Å²) < 4.78 is 13.7. The number of fused-ring (bicyclic) bond motifs is 2. The Morgan fingerprint density at radius 2 is 1.88 bits per heavy atom. The Morgan fingerprint density at radius 1 is 1.08 bits per heavy atom. The van der Waals surface area contributed by atoms with Gasteiger partial charge < -0.3 is 18.9 Å². The normalized spacial score (nSPS) is 21.9. The SMILES string of the molecule is O=C([C@@H]1COc2ccccc2O1)N1CC[C@@H](n2cnc3ccccc32)C1. The Hall–Kier alpha value is -3.02. The number of carbonyl (C=O) groups excluding carboxylic acids is 1. The van der Waals surface area contributed by atoms with E-state index in [2.05, 4.69) is 15.6 Å². The van der Waals surface area contributed by atoms with Gasteiger partial charge in [-0.25, -0.2) is 4.98 Å². The van der Waals surface area contributed by atoms with E-state index < -0.39 is 6.10 Å². The van der Waals surface area contributed by atoms with Crippen LogP contribution >= 0.6 is 0 Å². The fourth-order valence-electron chi connectivity index (χ4n) is 3.78. The standard InChI is InChI=1S/C20H19N3O3/c24-20(19-12-25-17-7-3-4-8-18(17)26-19)22-10-9-14(11-22)23-13-21-15-5-1-2-6-16(15)23/h1-8,13-14,19H,9-12H2/t14-,19+/m1/s1. The Kier molecular flexibility index (Phi) is 3.55. The van der Waals surface area contributed by atoms with Crippen LogP contribution in [-0.4, -0.2) is 46.2 Å². The second-order valence-electron chi connectivity index (χ2n) is 6.73. The van der Waals surface area contributed by atoms with E-state index in [9.17, 15) is 4.79 Å². The minimum atomic E-state index is -0.580. The molecule has 2 aromatic carbocycles. The molecule has 1 fully saturated rings. The summed E-state index contributed by atoms with van der Waals surface area (Å²) in [5, 5.41) is 0. The Bertz CT molecular complexity index is 968. The molecule has 1 saturated heterocycles. The average molecular weight is 349 g/mol. The molecular formula is C20H19N3O3. The fraction of sp³-hybridized carbons (Fsp3) is 0.300. The van der Waals surface area contributed by atoms with Crippen LogP contribution in [0.2, 0.25) is 0 Å². The monoisotopic (exact) mass is 349 g/mol. The van der Waals surface area contributed by atoms with Crippen LogP contribution in [0.25, 0.3) is 11.0 Å². The van der Waals surface area contributed by atoms with Crippen molar-refractivity contribution in [3.8, 4) is 11.5 Å². The van der Waals surface area contributed by atoms with Crippen molar-refractivity contribution < 1.29 is 14.3 Å². The van der Waals surface area contributed by atoms with E-state index in [0.717, 1.165) is 24.0 Å². The summed E-state index contributed by atoms with van der Waals surface area (Å²) in [7, 11) is 0. The molecule has 2 atom stereocenters. The molecule has 0 aliphatic carbocycles. The first-order valence-corrected chi connectivity index (χ1v) is 8.88. The third-order valence-electron chi connectivity index (χ3n) is 5.13. The number of rotatable bonds is 2. The molecule has 1 amide bonds. The van der Waals surface area contributed by atoms with Gasteiger partial charge in [0.1, 0.15) is 6.61 Å². The van der Waals surface area contributed by atoms with E-state index in [0.29, 0.717) is 18.0 Å². The summed E-state index contributed by atoms with van der Waals surface area (Å²) in [6.07, 6.45) is 2.21. The molecule has 2 aliphatic heterocycles. The van der Waals surface area contributed by atoms with E-state index in [1.165, 1.54) is 0 Å². The second-order valence-corrected chi connectivity index (χ2v) is 6.73. The topological polar surface area (TPSA) is 56.6 Å². The number of para-hydroxylation sites is 4. The quantitative estimate of drug-likeness (QED) is 0.714. The summed E-state index contributed by atoms with van der Waals surface area (Å²) in [4.78, 5) is 19.2. The number of carbonyl (C=O) groups is 1. The van der Waals surface area contributed by atoms with Crippen molar-refractivity contribution >= 4 is 16.9 Å². The summed E-state index contributed by atoms with van der Waals surface area (Å²) in [6.45, 7) is 1.64. The molecule has 132 valence electrons. The lowest BCUT2D eigenvalue weighted by molar-refractivity contribution is -0.140. The summed E-state index contributed by atoms with van der Waals surface area (Å²) >= 11 is 0. The van der Waals surface area contributed by atoms with Gasteiger partial charge in [-0.1, -0.05) is 24.3 Å². The zero-order chi connectivity index (χ0) is 17.5. The number of likely N-dealkylation sites (tertiary alicyclic amines) is 1. The highest BCUT2D eigenvalue weighted by Crippen LogP contribution is 2.32. The Balaban J connectivity index is 1.31. The molecule has 26 heavy (non-hydrogen) atoms. The van der Waals surface area contributed by atoms with Gasteiger partial charge in [-0.3, -0.25) is 4.79 Å². The Morgan fingerprint density at radius 3 is 2.81 bits per heavy atom. The second kappa shape index (κ2) is 6.05. The van der Waals surface area contributed by atoms with Crippen LogP contribution < -0.4 is 9.47 Å². The number of aromatic nitrogens is 2. The lowest BCUT2D eigenvalue weighted by Gasteiger charge is -2.28. The molecule has 5 rings (SSSR count). The molecule has 0 unspecified atom stereocenters. The third kappa shape index (κ3) is 2.49. The van der Waals surface area contributed by atoms with Crippen LogP contribution in [0.15, 0.2) is 54.9 Å². The van der Waals surface area contributed by atoms with Crippen LogP contribution in [0.5, 0.6) is 11.5 Å². The van der Waals surface area contributed by atoms with Crippen LogP contribution in [0.3, 0.4) is 0 Å². The van der Waals surface area contributed by atoms with Gasteiger partial charge in [0.2, 0.25) is 6.10 Å². The molecule has 0 spiro atoms. The molecule has 6 heteroatoms. The van der Waals surface area contributed by atoms with E-state index >= 15 is 0 Å². The maximum atomic E-state index is 12.9. The highest BCUT2D eigenvalue weighted by molar-refractivity contribution is 5.82. The number of amides is 1. The summed E-state index contributed by atoms with van der Waals surface area (Å²) in [6, 6.07) is 15.8. The first-order valence-electron chi connectivity index (χ1n) is 8.88. The number of imidazole rings is 1. The zero-order valence-electron chi connectivity index (χ0n) is 14.2. The smallest absolute Gasteiger partial charge is 0.267 e. The molecule has 1 aromatic heterocycles. The number of hydrogen-bond donors (Lipinski definition) is 0. The third-order valence-corrected chi connectivity index (χ3v) is 5.13. The first-order chi connectivity index (χ1) is 12.8. The molecule has 0 bridgehead atoms. The van der Waals surface area contributed by atoms with Crippen LogP contribution in [0, 0.1) is 0 Å². The number of hydrogen-bond acceptors (Lipinski definition) is 4. The maximum Gasteiger partial charge on any atom is 0.267 e. The first kappa shape index (κ1) is 15.3. The van der Waals surface area contributed by atoms with E-state index in [1.807, 2.05) is 53.7 Å². The summed E-state index contributed by atoms with van der Waals surface area (Å²) in [5.74, 6) is 1.32. The minimum Gasteiger partial charge on any atom is -0.485 e. The van der Waals surface area contributed by atoms with E-state index in [-0.39, 0.29) is 18.6 Å². The molecule has 2 aliphatic rings. The van der Waals surface area contributed by atoms with Crippen molar-refractivity contribution in [2.75, 3.05) is 19.7 Å². The van der Waals surface area contributed by atoms with Gasteiger partial charge in [0.05, 0.1) is 23.4 Å². The van der Waals surface area contributed by atoms with Crippen molar-refractivity contribution in [2.45, 2.75) is 18.6 Å². The predicted molar refractivity (Wildman–Crippen MR) is 96.3 cm³/mol. The lowest BCUT2D eigenvalue weighted by atomic mass is 10.2. The van der Waals surface area contributed by atoms with Crippen molar-refractivity contribution in [3.63, 3.8) is 0 Å². The van der Waals surface area contributed by atoms with Gasteiger partial charge in [0.25, 0.3) is 5.91 Å². The molecule has 0 saturated carbocycles. The molecule has 0 radical (unpaired) electrons. The number of ether oxygens (including phenoxy) is 2. The van der Waals surface area contributed by atoms with Gasteiger partial charge in [-0.15, -0.1) is 0 Å². The molecule has 0 N–H and O–H groups in total. The molecule has 3 heterocycles. The van der Waals surface area contributed by atoms with Crippen molar-refractivity contribution in [1.29, 1.82) is 0 Å². The lowest BCUT2D eigenvalue weighted by Crippen LogP contribution is -2.45. The van der Waals surface area contributed by atoms with Crippen LogP contribution in [0.4, 0.5) is 0 Å². The van der Waals surface area contributed by atoms with Gasteiger partial charge in [-0.05, 0) is 30.7 Å². The van der Waals surface area contributed by atoms with Crippen molar-refractivity contribution in [2.24, 2.45) is 0 Å². The zero-order valence-corrected chi connectivity index (χ0v) is 14.2. The number of nitrogens with zero attached hydrogens (tertiary/aromatic N) is 3. The predicted octanol–water partition coefficient (Wildman–Crippen LogP) is 2.65. The molecule has 3 aromatic rings. The molecule has 6 nitrogen and oxygen atoms in total. The average Bonchev–Trinajstić information content (AvgIpc) is 3.34. The van der Waals surface area contributed by atoms with Crippen LogP contribution in [-0.2, 0) is 4.79 Å². The van der Waals surface area contributed by atoms with Crippen molar-refractivity contribution in [3.05, 3.63) is 54.9 Å². The maximum absolute atomic E-state index is 12.9. The Labute approximate surface area is 151 Å². The summed E-state index contributed by atoms with van der Waals surface area (Å²) in [5.41, 5.74) is 2.09. The van der Waals surface area contributed by atoms with E-state index in [4.69, 9.17) is 9.47 Å². The highest BCUT2D eigenvalue weighted by Gasteiger charge is 2.35. The fourth-order valence-corrected chi connectivity index (χ4v) is 3.78. The van der Waals surface area contributed by atoms with Gasteiger partial charge >= 0.3 is 0 Å². The van der Waals surface area contributed by atoms with Gasteiger partial charge in [-0.2, -0.15) is 0 Å². The minimum absolute atomic E-state index is 0.00794. The highest BCUT2D eigenvalue weighted by atomic mass is 16.6.